The highest BCUT2D eigenvalue weighted by Crippen LogP contribution is 2.53. The molecule has 3 aromatic rings. The number of anilines is 1. The van der Waals surface area contributed by atoms with E-state index in [-0.39, 0.29) is 23.7 Å². The average Bonchev–Trinajstić information content (AvgIpc) is 3.19. The first-order valence-electron chi connectivity index (χ1n) is 13.4. The van der Waals surface area contributed by atoms with E-state index in [0.717, 1.165) is 28.1 Å². The molecule has 12 heteroatoms. The van der Waals surface area contributed by atoms with E-state index in [2.05, 4.69) is 5.32 Å². The number of benzene rings is 3. The number of nitrogens with zero attached hydrogens (tertiary/aromatic N) is 2. The fraction of sp³-hybridized carbons (Fsp3) is 0.333. The monoisotopic (exact) mass is 619 g/mol. The summed E-state index contributed by atoms with van der Waals surface area (Å²) in [7, 11) is -4.69. The van der Waals surface area contributed by atoms with Crippen LogP contribution in [0.1, 0.15) is 53.7 Å². The number of amides is 2. The van der Waals surface area contributed by atoms with Gasteiger partial charge in [0.15, 0.2) is 0 Å². The van der Waals surface area contributed by atoms with Crippen molar-refractivity contribution in [3.05, 3.63) is 94.0 Å². The highest BCUT2D eigenvalue weighted by molar-refractivity contribution is 7.93. The van der Waals surface area contributed by atoms with Crippen molar-refractivity contribution in [2.24, 2.45) is 0 Å². The topological polar surface area (TPSA) is 86.8 Å². The number of hydrogen-bond acceptors (Lipinski definition) is 4. The highest BCUT2D eigenvalue weighted by Gasteiger charge is 2.54. The van der Waals surface area contributed by atoms with Crippen LogP contribution in [-0.4, -0.2) is 44.3 Å². The minimum absolute atomic E-state index is 0.119. The zero-order chi connectivity index (χ0) is 30.4. The van der Waals surface area contributed by atoms with E-state index in [1.807, 2.05) is 0 Å². The molecule has 2 amide bonds. The molecule has 2 heterocycles. The third-order valence-corrected chi connectivity index (χ3v) is 10.7. The first-order chi connectivity index (χ1) is 19.8. The lowest BCUT2D eigenvalue weighted by atomic mass is 9.70. The lowest BCUT2D eigenvalue weighted by molar-refractivity contribution is -0.139. The summed E-state index contributed by atoms with van der Waals surface area (Å²) in [6.07, 6.45) is -4.14. The van der Waals surface area contributed by atoms with Crippen LogP contribution >= 0.6 is 11.6 Å². The number of hydrogen-bond donors (Lipinski definition) is 1. The third kappa shape index (κ3) is 5.13. The molecule has 1 saturated heterocycles. The summed E-state index contributed by atoms with van der Waals surface area (Å²) >= 11 is 6.21. The van der Waals surface area contributed by atoms with Crippen molar-refractivity contribution in [2.75, 3.05) is 17.4 Å². The molecule has 2 aliphatic heterocycles. The Hall–Kier alpha value is -3.57. The van der Waals surface area contributed by atoms with Gasteiger partial charge in [-0.1, -0.05) is 41.9 Å². The SMILES string of the molecule is CC(=O)N1CCC2(CC1)c1cc(C(=O)NCc3ccccc3Cl)ccc1N(S(=O)(=O)c1ccccc1C(F)(F)F)C2C. The summed E-state index contributed by atoms with van der Waals surface area (Å²) in [5.74, 6) is -0.530. The van der Waals surface area contributed by atoms with Crippen molar-refractivity contribution < 1.29 is 31.2 Å². The largest absolute Gasteiger partial charge is 0.417 e. The second kappa shape index (κ2) is 10.9. The van der Waals surface area contributed by atoms with E-state index < -0.39 is 44.0 Å². The molecule has 1 spiro atoms. The van der Waals surface area contributed by atoms with Gasteiger partial charge in [-0.15, -0.1) is 0 Å². The molecule has 1 unspecified atom stereocenters. The first-order valence-corrected chi connectivity index (χ1v) is 15.2. The predicted molar refractivity (Wildman–Crippen MR) is 153 cm³/mol. The van der Waals surface area contributed by atoms with E-state index in [9.17, 15) is 31.2 Å². The molecule has 1 fully saturated rings. The Morgan fingerprint density at radius 3 is 2.31 bits per heavy atom. The van der Waals surface area contributed by atoms with Gasteiger partial charge in [0.2, 0.25) is 5.91 Å². The Morgan fingerprint density at radius 1 is 1.02 bits per heavy atom. The summed E-state index contributed by atoms with van der Waals surface area (Å²) < 4.78 is 70.9. The van der Waals surface area contributed by atoms with Gasteiger partial charge >= 0.3 is 6.18 Å². The van der Waals surface area contributed by atoms with Gasteiger partial charge in [-0.2, -0.15) is 13.2 Å². The van der Waals surface area contributed by atoms with Gasteiger partial charge in [0.1, 0.15) is 0 Å². The number of carbonyl (C=O) groups excluding carboxylic acids is 2. The van der Waals surface area contributed by atoms with E-state index in [4.69, 9.17) is 11.6 Å². The van der Waals surface area contributed by atoms with E-state index >= 15 is 0 Å². The number of likely N-dealkylation sites (tertiary alicyclic amines) is 1. The predicted octanol–water partition coefficient (Wildman–Crippen LogP) is 5.77. The smallest absolute Gasteiger partial charge is 0.348 e. The molecule has 0 bridgehead atoms. The molecule has 42 heavy (non-hydrogen) atoms. The number of rotatable bonds is 5. The van der Waals surface area contributed by atoms with Gasteiger partial charge in [-0.3, -0.25) is 13.9 Å². The summed E-state index contributed by atoms with van der Waals surface area (Å²) in [5, 5.41) is 3.33. The quantitative estimate of drug-likeness (QED) is 0.393. The van der Waals surface area contributed by atoms with Crippen LogP contribution in [0.5, 0.6) is 0 Å². The Labute approximate surface area is 247 Å². The fourth-order valence-corrected chi connectivity index (χ4v) is 8.29. The van der Waals surface area contributed by atoms with Crippen molar-refractivity contribution in [1.29, 1.82) is 0 Å². The van der Waals surface area contributed by atoms with Crippen molar-refractivity contribution in [1.82, 2.24) is 10.2 Å². The Balaban J connectivity index is 1.58. The molecule has 1 N–H and O–H groups in total. The van der Waals surface area contributed by atoms with Crippen LogP contribution in [-0.2, 0) is 33.0 Å². The van der Waals surface area contributed by atoms with Gasteiger partial charge < -0.3 is 10.2 Å². The van der Waals surface area contributed by atoms with Crippen molar-refractivity contribution in [3.8, 4) is 0 Å². The second-order valence-electron chi connectivity index (χ2n) is 10.6. The van der Waals surface area contributed by atoms with Gasteiger partial charge in [-0.05, 0) is 67.3 Å². The van der Waals surface area contributed by atoms with Crippen LogP contribution in [0.25, 0.3) is 0 Å². The highest BCUT2D eigenvalue weighted by atomic mass is 35.5. The first kappa shape index (κ1) is 29.9. The maximum absolute atomic E-state index is 14.1. The van der Waals surface area contributed by atoms with Crippen molar-refractivity contribution >= 4 is 39.1 Å². The molecular formula is C30H29ClF3N3O4S. The molecule has 5 rings (SSSR count). The summed E-state index contributed by atoms with van der Waals surface area (Å²) in [6.45, 7) is 3.98. The van der Waals surface area contributed by atoms with Crippen molar-refractivity contribution in [2.45, 2.75) is 55.8 Å². The molecule has 0 aliphatic carbocycles. The summed E-state index contributed by atoms with van der Waals surface area (Å²) in [4.78, 5) is 26.1. The van der Waals surface area contributed by atoms with Crippen LogP contribution < -0.4 is 9.62 Å². The fourth-order valence-electron chi connectivity index (χ4n) is 6.12. The molecule has 0 aromatic heterocycles. The van der Waals surface area contributed by atoms with E-state index in [0.29, 0.717) is 36.5 Å². The third-order valence-electron chi connectivity index (χ3n) is 8.41. The number of halogens is 4. The average molecular weight is 620 g/mol. The van der Waals surface area contributed by atoms with Crippen molar-refractivity contribution in [3.63, 3.8) is 0 Å². The van der Waals surface area contributed by atoms with Crippen LogP contribution in [0.15, 0.2) is 71.6 Å². The Bertz CT molecular complexity index is 1650. The van der Waals surface area contributed by atoms with E-state index in [1.165, 1.54) is 25.1 Å². The maximum Gasteiger partial charge on any atom is 0.417 e. The number of alkyl halides is 3. The number of piperidine rings is 1. The van der Waals surface area contributed by atoms with Crippen LogP contribution in [0.2, 0.25) is 5.02 Å². The summed E-state index contributed by atoms with van der Waals surface area (Å²) in [5.41, 5.74) is -0.315. The maximum atomic E-state index is 14.1. The van der Waals surface area contributed by atoms with E-state index in [1.54, 1.807) is 42.2 Å². The molecule has 0 saturated carbocycles. The van der Waals surface area contributed by atoms with Gasteiger partial charge in [0.05, 0.1) is 22.2 Å². The number of nitrogens with one attached hydrogen (secondary N) is 1. The lowest BCUT2D eigenvalue weighted by Gasteiger charge is -2.43. The molecular weight excluding hydrogens is 591 g/mol. The zero-order valence-corrected chi connectivity index (χ0v) is 24.5. The second-order valence-corrected chi connectivity index (χ2v) is 12.8. The lowest BCUT2D eigenvalue weighted by Crippen LogP contribution is -2.52. The molecule has 1 atom stereocenters. The van der Waals surface area contributed by atoms with Crippen LogP contribution in [0.3, 0.4) is 0 Å². The van der Waals surface area contributed by atoms with Gasteiger partial charge in [0, 0.05) is 42.6 Å². The molecule has 7 nitrogen and oxygen atoms in total. The van der Waals surface area contributed by atoms with Gasteiger partial charge in [0.25, 0.3) is 15.9 Å². The minimum Gasteiger partial charge on any atom is -0.348 e. The van der Waals surface area contributed by atoms with Crippen LogP contribution in [0, 0.1) is 0 Å². The normalized spacial score (nSPS) is 18.2. The minimum atomic E-state index is -4.89. The number of fused-ring (bicyclic) bond motifs is 2. The molecule has 222 valence electrons. The van der Waals surface area contributed by atoms with Crippen LogP contribution in [0.4, 0.5) is 18.9 Å². The molecule has 2 aliphatic rings. The summed E-state index contributed by atoms with van der Waals surface area (Å²) in [6, 6.07) is 15.0. The standard InChI is InChI=1S/C30H29ClF3N3O4S/c1-19-29(13-15-36(16-14-29)20(2)38)24-17-21(28(39)35-18-22-7-3-5-9-25(22)31)11-12-26(24)37(19)42(40,41)27-10-6-4-8-23(27)30(32,33)34/h3-12,17,19H,13-16,18H2,1-2H3,(H,35,39). The Morgan fingerprint density at radius 2 is 1.67 bits per heavy atom. The number of sulfonamides is 1. The Kier molecular flexibility index (Phi) is 7.78. The molecule has 0 radical (unpaired) electrons. The molecule has 3 aromatic carbocycles. The zero-order valence-electron chi connectivity index (χ0n) is 22.9. The number of carbonyl (C=O) groups is 2. The van der Waals surface area contributed by atoms with Gasteiger partial charge in [-0.25, -0.2) is 8.42 Å².